The lowest BCUT2D eigenvalue weighted by atomic mass is 9.84. The van der Waals surface area contributed by atoms with Gasteiger partial charge < -0.3 is 5.32 Å². The minimum atomic E-state index is -4.71. The van der Waals surface area contributed by atoms with Crippen LogP contribution in [0.25, 0.3) is 15.7 Å². The molecule has 1 aliphatic heterocycles. The van der Waals surface area contributed by atoms with Gasteiger partial charge >= 0.3 is 6.18 Å². The number of H-pyrrole nitrogens is 1. The van der Waals surface area contributed by atoms with Crippen LogP contribution in [-0.2, 0) is 0 Å². The predicted molar refractivity (Wildman–Crippen MR) is 84.7 cm³/mol. The van der Waals surface area contributed by atoms with Crippen LogP contribution in [0.1, 0.15) is 24.1 Å². The number of fused-ring (bicyclic) bond motifs is 1. The molecule has 8 heteroatoms. The average molecular weight is 343 g/mol. The Balaban J connectivity index is 2.28. The van der Waals surface area contributed by atoms with E-state index in [1.165, 1.54) is 6.92 Å². The standard InChI is InChI=1S/C17H12F3N5/c1-8-11-6-10(4-5-13(11)25-24-8)14-12(7-21)16(17(18,19)20)23-9(2)15(14)22-3/h4-6,14,23H,1-2H3,(H,24,25). The van der Waals surface area contributed by atoms with Crippen molar-refractivity contribution in [3.05, 3.63) is 63.5 Å². The molecule has 1 aromatic carbocycles. The Bertz CT molecular complexity index is 1010. The van der Waals surface area contributed by atoms with E-state index in [-0.39, 0.29) is 11.4 Å². The molecule has 126 valence electrons. The molecule has 2 aromatic rings. The number of aromatic nitrogens is 2. The number of dihydropyridines is 1. The molecule has 0 spiro atoms. The van der Waals surface area contributed by atoms with Gasteiger partial charge in [-0.05, 0) is 31.5 Å². The second-order valence-electron chi connectivity index (χ2n) is 5.70. The summed E-state index contributed by atoms with van der Waals surface area (Å²) >= 11 is 0. The molecule has 0 saturated heterocycles. The lowest BCUT2D eigenvalue weighted by molar-refractivity contribution is -0.0969. The van der Waals surface area contributed by atoms with Crippen LogP contribution in [0.5, 0.6) is 0 Å². The first-order valence-corrected chi connectivity index (χ1v) is 7.29. The highest BCUT2D eigenvalue weighted by molar-refractivity contribution is 5.82. The van der Waals surface area contributed by atoms with E-state index >= 15 is 0 Å². The molecule has 0 aliphatic carbocycles. The molecule has 0 amide bonds. The van der Waals surface area contributed by atoms with E-state index < -0.39 is 23.4 Å². The number of nitrogens with one attached hydrogen (secondary N) is 2. The molecular formula is C17H12F3N5. The summed E-state index contributed by atoms with van der Waals surface area (Å²) in [5.74, 6) is -1.07. The molecule has 1 aromatic heterocycles. The Hall–Kier alpha value is -3.26. The fraction of sp³-hybridized carbons (Fsp3) is 0.235. The number of aryl methyl sites for hydroxylation is 1. The highest BCUT2D eigenvalue weighted by Crippen LogP contribution is 2.43. The summed E-state index contributed by atoms with van der Waals surface area (Å²) in [5, 5.41) is 19.2. The van der Waals surface area contributed by atoms with Crippen molar-refractivity contribution in [1.82, 2.24) is 15.5 Å². The third-order valence-corrected chi connectivity index (χ3v) is 4.15. The first kappa shape index (κ1) is 16.6. The molecule has 2 heterocycles. The molecule has 25 heavy (non-hydrogen) atoms. The monoisotopic (exact) mass is 343 g/mol. The van der Waals surface area contributed by atoms with Crippen LogP contribution in [0.3, 0.4) is 0 Å². The Morgan fingerprint density at radius 3 is 2.64 bits per heavy atom. The van der Waals surface area contributed by atoms with Gasteiger partial charge in [0.15, 0.2) is 5.70 Å². The first-order valence-electron chi connectivity index (χ1n) is 7.29. The molecule has 0 radical (unpaired) electrons. The third kappa shape index (κ3) is 2.62. The van der Waals surface area contributed by atoms with Crippen molar-refractivity contribution in [1.29, 1.82) is 5.26 Å². The normalized spacial score (nSPS) is 18.1. The zero-order chi connectivity index (χ0) is 18.4. The fourth-order valence-corrected chi connectivity index (χ4v) is 2.97. The van der Waals surface area contributed by atoms with E-state index in [4.69, 9.17) is 6.57 Å². The molecule has 1 aliphatic rings. The molecule has 0 fully saturated rings. The number of alkyl halides is 3. The highest BCUT2D eigenvalue weighted by atomic mass is 19.4. The lowest BCUT2D eigenvalue weighted by Crippen LogP contribution is -2.32. The number of allylic oxidation sites excluding steroid dienone is 3. The molecular weight excluding hydrogens is 331 g/mol. The minimum absolute atomic E-state index is 0.0741. The van der Waals surface area contributed by atoms with Gasteiger partial charge in [-0.1, -0.05) is 6.07 Å². The quantitative estimate of drug-likeness (QED) is 0.768. The second kappa shape index (κ2) is 5.67. The molecule has 1 unspecified atom stereocenters. The van der Waals surface area contributed by atoms with Gasteiger partial charge in [-0.2, -0.15) is 23.5 Å². The zero-order valence-electron chi connectivity index (χ0n) is 13.3. The summed E-state index contributed by atoms with van der Waals surface area (Å²) in [4.78, 5) is 3.38. The molecule has 3 rings (SSSR count). The largest absolute Gasteiger partial charge is 0.432 e. The minimum Gasteiger partial charge on any atom is -0.364 e. The Labute approximate surface area is 141 Å². The number of hydrogen-bond donors (Lipinski definition) is 2. The van der Waals surface area contributed by atoms with Crippen molar-refractivity contribution in [3.8, 4) is 6.07 Å². The SMILES string of the molecule is [C-]#[N+]C1=C(C)NC(C(F)(F)F)=C(C#N)C1c1ccc2n[nH]c(C)c2c1. The number of rotatable bonds is 1. The van der Waals surface area contributed by atoms with Crippen LogP contribution in [0.4, 0.5) is 13.2 Å². The van der Waals surface area contributed by atoms with Crippen LogP contribution in [0.2, 0.25) is 0 Å². The van der Waals surface area contributed by atoms with Crippen LogP contribution < -0.4 is 5.32 Å². The van der Waals surface area contributed by atoms with Crippen LogP contribution in [0, 0.1) is 24.8 Å². The summed E-state index contributed by atoms with van der Waals surface area (Å²) in [7, 11) is 0. The summed E-state index contributed by atoms with van der Waals surface area (Å²) in [6, 6.07) is 6.58. The molecule has 5 nitrogen and oxygen atoms in total. The maximum atomic E-state index is 13.4. The van der Waals surface area contributed by atoms with E-state index in [1.54, 1.807) is 31.2 Å². The van der Waals surface area contributed by atoms with E-state index in [0.29, 0.717) is 11.1 Å². The highest BCUT2D eigenvalue weighted by Gasteiger charge is 2.43. The van der Waals surface area contributed by atoms with Crippen molar-refractivity contribution in [2.75, 3.05) is 0 Å². The van der Waals surface area contributed by atoms with Crippen LogP contribution in [0.15, 0.2) is 40.9 Å². The lowest BCUT2D eigenvalue weighted by Gasteiger charge is -2.28. The van der Waals surface area contributed by atoms with Gasteiger partial charge in [-0.25, -0.2) is 4.85 Å². The van der Waals surface area contributed by atoms with Gasteiger partial charge in [-0.3, -0.25) is 5.10 Å². The van der Waals surface area contributed by atoms with Crippen LogP contribution >= 0.6 is 0 Å². The number of aromatic amines is 1. The number of hydrogen-bond acceptors (Lipinski definition) is 3. The Morgan fingerprint density at radius 1 is 1.32 bits per heavy atom. The summed E-state index contributed by atoms with van der Waals surface area (Å²) in [5.41, 5.74) is 0.411. The topological polar surface area (TPSA) is 68.9 Å². The maximum absolute atomic E-state index is 13.4. The van der Waals surface area contributed by atoms with E-state index in [9.17, 15) is 18.4 Å². The molecule has 0 saturated carbocycles. The van der Waals surface area contributed by atoms with Gasteiger partial charge in [0.05, 0.1) is 29.6 Å². The van der Waals surface area contributed by atoms with Crippen molar-refractivity contribution in [3.63, 3.8) is 0 Å². The van der Waals surface area contributed by atoms with Gasteiger partial charge in [-0.15, -0.1) is 0 Å². The van der Waals surface area contributed by atoms with Gasteiger partial charge in [0.2, 0.25) is 0 Å². The number of nitriles is 1. The van der Waals surface area contributed by atoms with Crippen LogP contribution in [-0.4, -0.2) is 16.4 Å². The molecule has 2 N–H and O–H groups in total. The summed E-state index contributed by atoms with van der Waals surface area (Å²) in [6.07, 6.45) is -4.71. The Morgan fingerprint density at radius 2 is 2.04 bits per heavy atom. The predicted octanol–water partition coefficient (Wildman–Crippen LogP) is 4.05. The average Bonchev–Trinajstić information content (AvgIpc) is 2.93. The van der Waals surface area contributed by atoms with Crippen molar-refractivity contribution in [2.45, 2.75) is 25.9 Å². The smallest absolute Gasteiger partial charge is 0.364 e. The van der Waals surface area contributed by atoms with Gasteiger partial charge in [0.1, 0.15) is 5.70 Å². The van der Waals surface area contributed by atoms with E-state index in [1.807, 2.05) is 0 Å². The number of nitrogens with zero attached hydrogens (tertiary/aromatic N) is 3. The fourth-order valence-electron chi connectivity index (χ4n) is 2.97. The zero-order valence-corrected chi connectivity index (χ0v) is 13.3. The van der Waals surface area contributed by atoms with Gasteiger partial charge in [0.25, 0.3) is 0 Å². The summed E-state index contributed by atoms with van der Waals surface area (Å²) in [6.45, 7) is 10.6. The molecule has 0 bridgehead atoms. The van der Waals surface area contributed by atoms with Crippen molar-refractivity contribution >= 4 is 10.9 Å². The maximum Gasteiger partial charge on any atom is 0.432 e. The van der Waals surface area contributed by atoms with E-state index in [0.717, 1.165) is 11.1 Å². The van der Waals surface area contributed by atoms with Crippen molar-refractivity contribution in [2.24, 2.45) is 0 Å². The van der Waals surface area contributed by atoms with E-state index in [2.05, 4.69) is 20.4 Å². The van der Waals surface area contributed by atoms with Crippen molar-refractivity contribution < 1.29 is 13.2 Å². The third-order valence-electron chi connectivity index (χ3n) is 4.15. The second-order valence-corrected chi connectivity index (χ2v) is 5.70. The molecule has 1 atom stereocenters. The Kier molecular flexibility index (Phi) is 3.77. The number of halogens is 3. The number of benzene rings is 1. The summed E-state index contributed by atoms with van der Waals surface area (Å²) < 4.78 is 40.1. The first-order chi connectivity index (χ1) is 11.8. The van der Waals surface area contributed by atoms with Gasteiger partial charge in [0, 0.05) is 16.8 Å².